The second kappa shape index (κ2) is 12.0. The number of amides is 2. The van der Waals surface area contributed by atoms with E-state index in [9.17, 15) is 22.4 Å². The van der Waals surface area contributed by atoms with E-state index in [1.54, 1.807) is 18.2 Å². The fourth-order valence-electron chi connectivity index (χ4n) is 3.17. The maximum Gasteiger partial charge on any atom is 0.244 e. The number of hydrogen-bond donors (Lipinski definition) is 1. The van der Waals surface area contributed by atoms with E-state index < -0.39 is 40.2 Å². The van der Waals surface area contributed by atoms with Crippen molar-refractivity contribution in [2.24, 2.45) is 0 Å². The van der Waals surface area contributed by atoms with Crippen molar-refractivity contribution in [1.29, 1.82) is 0 Å². The Morgan fingerprint density at radius 3 is 2.45 bits per heavy atom. The van der Waals surface area contributed by atoms with Crippen molar-refractivity contribution in [2.45, 2.75) is 39.3 Å². The van der Waals surface area contributed by atoms with Crippen molar-refractivity contribution in [3.63, 3.8) is 0 Å². The van der Waals surface area contributed by atoms with Gasteiger partial charge in [-0.25, -0.2) is 12.8 Å². The third-order valence-electron chi connectivity index (χ3n) is 5.07. The molecule has 2 rings (SSSR count). The van der Waals surface area contributed by atoms with Crippen LogP contribution in [0.2, 0.25) is 5.02 Å². The Labute approximate surface area is 199 Å². The molecule has 2 aromatic rings. The quantitative estimate of drug-likeness (QED) is 0.481. The summed E-state index contributed by atoms with van der Waals surface area (Å²) in [5, 5.41) is 3.07. The van der Waals surface area contributed by atoms with Crippen LogP contribution in [-0.4, -0.2) is 50.5 Å². The SMILES string of the molecule is CCCCNC(=O)[C@@H](C)N(Cc1ccccc1F)C(=O)CN(c1cccc(Cl)c1)S(C)(=O)=O. The van der Waals surface area contributed by atoms with Crippen LogP contribution in [0.25, 0.3) is 0 Å². The predicted octanol–water partition coefficient (Wildman–Crippen LogP) is 3.58. The van der Waals surface area contributed by atoms with Crippen molar-refractivity contribution < 1.29 is 22.4 Å². The number of anilines is 1. The number of carbonyl (C=O) groups is 2. The third kappa shape index (κ3) is 7.71. The molecule has 0 radical (unpaired) electrons. The van der Waals surface area contributed by atoms with Crippen molar-refractivity contribution in [3.05, 3.63) is 64.9 Å². The Hall–Kier alpha value is -2.65. The zero-order valence-electron chi connectivity index (χ0n) is 18.9. The summed E-state index contributed by atoms with van der Waals surface area (Å²) in [6.45, 7) is 3.20. The van der Waals surface area contributed by atoms with Gasteiger partial charge in [0.25, 0.3) is 0 Å². The fourth-order valence-corrected chi connectivity index (χ4v) is 4.20. The van der Waals surface area contributed by atoms with Gasteiger partial charge in [-0.1, -0.05) is 49.2 Å². The summed E-state index contributed by atoms with van der Waals surface area (Å²) >= 11 is 6.00. The summed E-state index contributed by atoms with van der Waals surface area (Å²) in [5.74, 6) is -1.58. The van der Waals surface area contributed by atoms with Crippen molar-refractivity contribution >= 4 is 39.1 Å². The molecule has 0 bridgehead atoms. The molecule has 180 valence electrons. The minimum absolute atomic E-state index is 0.193. The van der Waals surface area contributed by atoms with Crippen molar-refractivity contribution in [3.8, 4) is 0 Å². The second-order valence-electron chi connectivity index (χ2n) is 7.68. The average molecular weight is 498 g/mol. The van der Waals surface area contributed by atoms with Gasteiger partial charge < -0.3 is 10.2 Å². The predicted molar refractivity (Wildman–Crippen MR) is 128 cm³/mol. The highest BCUT2D eigenvalue weighted by Gasteiger charge is 2.30. The monoisotopic (exact) mass is 497 g/mol. The molecular formula is C23H29ClFN3O4S. The molecule has 1 atom stereocenters. The highest BCUT2D eigenvalue weighted by Crippen LogP contribution is 2.22. The number of carbonyl (C=O) groups excluding carboxylic acids is 2. The van der Waals surface area contributed by atoms with Crippen LogP contribution in [-0.2, 0) is 26.2 Å². The van der Waals surface area contributed by atoms with Crippen LogP contribution >= 0.6 is 11.6 Å². The number of sulfonamides is 1. The molecule has 0 heterocycles. The number of rotatable bonds is 11. The highest BCUT2D eigenvalue weighted by atomic mass is 35.5. The summed E-state index contributed by atoms with van der Waals surface area (Å²) in [6.07, 6.45) is 2.63. The fraction of sp³-hybridized carbons (Fsp3) is 0.391. The number of nitrogens with zero attached hydrogens (tertiary/aromatic N) is 2. The molecule has 0 aliphatic carbocycles. The summed E-state index contributed by atoms with van der Waals surface area (Å²) < 4.78 is 40.2. The first-order chi connectivity index (χ1) is 15.5. The lowest BCUT2D eigenvalue weighted by Crippen LogP contribution is -2.51. The smallest absolute Gasteiger partial charge is 0.244 e. The Morgan fingerprint density at radius 1 is 1.15 bits per heavy atom. The molecule has 0 aliphatic heterocycles. The molecule has 0 unspecified atom stereocenters. The molecule has 2 aromatic carbocycles. The van der Waals surface area contributed by atoms with E-state index in [1.807, 2.05) is 6.92 Å². The van der Waals surface area contributed by atoms with Gasteiger partial charge in [0.2, 0.25) is 21.8 Å². The van der Waals surface area contributed by atoms with Crippen LogP contribution in [0.15, 0.2) is 48.5 Å². The minimum atomic E-state index is -3.86. The van der Waals surface area contributed by atoms with Gasteiger partial charge in [-0.05, 0) is 37.6 Å². The van der Waals surface area contributed by atoms with Gasteiger partial charge in [-0.15, -0.1) is 0 Å². The topological polar surface area (TPSA) is 86.8 Å². The zero-order valence-corrected chi connectivity index (χ0v) is 20.5. The maximum atomic E-state index is 14.3. The Balaban J connectivity index is 2.36. The van der Waals surface area contributed by atoms with Crippen LogP contribution in [0, 0.1) is 5.82 Å². The van der Waals surface area contributed by atoms with E-state index in [1.165, 1.54) is 42.2 Å². The first kappa shape index (κ1) is 26.6. The molecule has 1 N–H and O–H groups in total. The molecule has 33 heavy (non-hydrogen) atoms. The number of hydrogen-bond acceptors (Lipinski definition) is 4. The lowest BCUT2D eigenvalue weighted by Gasteiger charge is -2.31. The van der Waals surface area contributed by atoms with E-state index in [4.69, 9.17) is 11.6 Å². The standard InChI is InChI=1S/C23H29ClFN3O4S/c1-4-5-13-26-23(30)17(2)27(15-18-9-6-7-12-21(18)25)22(29)16-28(33(3,31)32)20-11-8-10-19(24)14-20/h6-12,14,17H,4-5,13,15-16H2,1-3H3,(H,26,30)/t17-/m1/s1. The maximum absolute atomic E-state index is 14.3. The summed E-state index contributed by atoms with van der Waals surface area (Å²) in [4.78, 5) is 27.2. The average Bonchev–Trinajstić information content (AvgIpc) is 2.75. The lowest BCUT2D eigenvalue weighted by atomic mass is 10.1. The van der Waals surface area contributed by atoms with E-state index in [0.29, 0.717) is 11.6 Å². The molecule has 0 fully saturated rings. The highest BCUT2D eigenvalue weighted by molar-refractivity contribution is 7.92. The van der Waals surface area contributed by atoms with Crippen LogP contribution in [0.3, 0.4) is 0 Å². The van der Waals surface area contributed by atoms with Gasteiger partial charge >= 0.3 is 0 Å². The van der Waals surface area contributed by atoms with Gasteiger partial charge in [-0.2, -0.15) is 0 Å². The molecule has 0 aliphatic rings. The van der Waals surface area contributed by atoms with Gasteiger partial charge in [0.1, 0.15) is 18.4 Å². The van der Waals surface area contributed by atoms with Gasteiger partial charge in [-0.3, -0.25) is 13.9 Å². The third-order valence-corrected chi connectivity index (χ3v) is 6.45. The van der Waals surface area contributed by atoms with Crippen LogP contribution in [0.1, 0.15) is 32.3 Å². The molecule has 7 nitrogen and oxygen atoms in total. The molecule has 0 spiro atoms. The molecule has 2 amide bonds. The van der Waals surface area contributed by atoms with Gasteiger partial charge in [0.05, 0.1) is 11.9 Å². The van der Waals surface area contributed by atoms with Gasteiger partial charge in [0, 0.05) is 23.7 Å². The second-order valence-corrected chi connectivity index (χ2v) is 10.0. The summed E-state index contributed by atoms with van der Waals surface area (Å²) in [6, 6.07) is 11.1. The molecule has 10 heteroatoms. The minimum Gasteiger partial charge on any atom is -0.354 e. The summed E-state index contributed by atoms with van der Waals surface area (Å²) in [5.41, 5.74) is 0.428. The number of unbranched alkanes of at least 4 members (excludes halogenated alkanes) is 1. The van der Waals surface area contributed by atoms with Crippen molar-refractivity contribution in [1.82, 2.24) is 10.2 Å². The Morgan fingerprint density at radius 2 is 1.85 bits per heavy atom. The van der Waals surface area contributed by atoms with E-state index in [2.05, 4.69) is 5.32 Å². The van der Waals surface area contributed by atoms with E-state index in [0.717, 1.165) is 23.4 Å². The van der Waals surface area contributed by atoms with Crippen LogP contribution in [0.5, 0.6) is 0 Å². The molecule has 0 aromatic heterocycles. The number of halogens is 2. The van der Waals surface area contributed by atoms with E-state index >= 15 is 0 Å². The molecule has 0 saturated carbocycles. The molecule has 0 saturated heterocycles. The largest absolute Gasteiger partial charge is 0.354 e. The van der Waals surface area contributed by atoms with Crippen molar-refractivity contribution in [2.75, 3.05) is 23.7 Å². The first-order valence-corrected chi connectivity index (χ1v) is 12.8. The van der Waals surface area contributed by atoms with Gasteiger partial charge in [0.15, 0.2) is 0 Å². The lowest BCUT2D eigenvalue weighted by molar-refractivity contribution is -0.139. The van der Waals surface area contributed by atoms with E-state index in [-0.39, 0.29) is 17.8 Å². The molecular weight excluding hydrogens is 469 g/mol. The number of benzene rings is 2. The normalized spacial score (nSPS) is 12.2. The first-order valence-electron chi connectivity index (χ1n) is 10.6. The number of nitrogens with one attached hydrogen (secondary N) is 1. The van der Waals surface area contributed by atoms with Crippen LogP contribution in [0.4, 0.5) is 10.1 Å². The Kier molecular flexibility index (Phi) is 9.67. The summed E-state index contributed by atoms with van der Waals surface area (Å²) in [7, 11) is -3.86. The zero-order chi connectivity index (χ0) is 24.6. The Bertz CT molecular complexity index is 1080. The van der Waals surface area contributed by atoms with Crippen LogP contribution < -0.4 is 9.62 Å².